The Kier molecular flexibility index (Phi) is 5.17. The van der Waals surface area contributed by atoms with Gasteiger partial charge in [0.15, 0.2) is 5.76 Å². The molecule has 0 aromatic carbocycles. The fourth-order valence-electron chi connectivity index (χ4n) is 3.72. The number of aryl methyl sites for hydroxylation is 2. The van der Waals surface area contributed by atoms with E-state index >= 15 is 0 Å². The van der Waals surface area contributed by atoms with Gasteiger partial charge in [-0.1, -0.05) is 5.16 Å². The molecule has 9 heteroatoms. The van der Waals surface area contributed by atoms with Gasteiger partial charge in [0.1, 0.15) is 10.6 Å². The van der Waals surface area contributed by atoms with E-state index in [2.05, 4.69) is 10.5 Å². The van der Waals surface area contributed by atoms with Gasteiger partial charge < -0.3 is 14.7 Å². The molecule has 0 spiro atoms. The molecular weight excluding hydrogens is 344 g/mol. The second kappa shape index (κ2) is 7.05. The summed E-state index contributed by atoms with van der Waals surface area (Å²) in [5.41, 5.74) is 0.380. The molecule has 1 atom stereocenters. The average molecular weight is 370 g/mol. The van der Waals surface area contributed by atoms with Crippen LogP contribution in [0, 0.1) is 19.8 Å². The van der Waals surface area contributed by atoms with Crippen molar-refractivity contribution >= 4 is 15.9 Å². The highest BCUT2D eigenvalue weighted by atomic mass is 32.2. The molecule has 8 nitrogen and oxygen atoms in total. The smallest absolute Gasteiger partial charge is 0.248 e. The van der Waals surface area contributed by atoms with Gasteiger partial charge in [-0.05, 0) is 33.6 Å². The van der Waals surface area contributed by atoms with Crippen LogP contribution in [0.3, 0.4) is 0 Å². The Bertz CT molecular complexity index is 718. The Morgan fingerprint density at radius 3 is 2.48 bits per heavy atom. The van der Waals surface area contributed by atoms with Crippen molar-refractivity contribution in [3.05, 3.63) is 11.5 Å². The van der Waals surface area contributed by atoms with E-state index in [-0.39, 0.29) is 22.8 Å². The summed E-state index contributed by atoms with van der Waals surface area (Å²) in [6.07, 6.45) is 1.11. The summed E-state index contributed by atoms with van der Waals surface area (Å²) in [4.78, 5) is 14.9. The maximum atomic E-state index is 12.8. The van der Waals surface area contributed by atoms with E-state index in [4.69, 9.17) is 4.52 Å². The normalized spacial score (nSPS) is 23.8. The molecule has 0 radical (unpaired) electrons. The molecule has 2 aliphatic rings. The molecule has 1 amide bonds. The molecular formula is C16H26N4O4S. The fourth-order valence-corrected chi connectivity index (χ4v) is 5.48. The molecule has 0 bridgehead atoms. The lowest BCUT2D eigenvalue weighted by atomic mass is 9.95. The summed E-state index contributed by atoms with van der Waals surface area (Å²) >= 11 is 0. The van der Waals surface area contributed by atoms with Crippen molar-refractivity contribution in [1.29, 1.82) is 0 Å². The summed E-state index contributed by atoms with van der Waals surface area (Å²) in [5, 5.41) is 7.02. The monoisotopic (exact) mass is 370 g/mol. The minimum Gasteiger partial charge on any atom is -0.360 e. The highest BCUT2D eigenvalue weighted by Gasteiger charge is 2.37. The van der Waals surface area contributed by atoms with Crippen LogP contribution >= 0.6 is 0 Å². The van der Waals surface area contributed by atoms with E-state index < -0.39 is 10.0 Å². The molecule has 3 heterocycles. The zero-order valence-corrected chi connectivity index (χ0v) is 15.8. The summed E-state index contributed by atoms with van der Waals surface area (Å²) in [6.45, 7) is 8.33. The highest BCUT2D eigenvalue weighted by molar-refractivity contribution is 7.89. The molecule has 0 aliphatic carbocycles. The van der Waals surface area contributed by atoms with Crippen LogP contribution in [0.1, 0.15) is 31.2 Å². The van der Waals surface area contributed by atoms with Gasteiger partial charge in [0.2, 0.25) is 15.9 Å². The fraction of sp³-hybridized carbons (Fsp3) is 0.750. The molecule has 25 heavy (non-hydrogen) atoms. The first-order valence-electron chi connectivity index (χ1n) is 8.76. The number of sulfonamides is 1. The van der Waals surface area contributed by atoms with Crippen molar-refractivity contribution in [3.63, 3.8) is 0 Å². The van der Waals surface area contributed by atoms with E-state index in [1.54, 1.807) is 13.8 Å². The van der Waals surface area contributed by atoms with Gasteiger partial charge in [-0.15, -0.1) is 0 Å². The van der Waals surface area contributed by atoms with Crippen LogP contribution in [0.25, 0.3) is 0 Å². The summed E-state index contributed by atoms with van der Waals surface area (Å²) in [6, 6.07) is 0.185. The van der Waals surface area contributed by atoms with Crippen LogP contribution in [-0.4, -0.2) is 67.5 Å². The second-order valence-electron chi connectivity index (χ2n) is 6.92. The average Bonchev–Trinajstić information content (AvgIpc) is 2.94. The quantitative estimate of drug-likeness (QED) is 0.833. The lowest BCUT2D eigenvalue weighted by molar-refractivity contribution is -0.139. The largest absolute Gasteiger partial charge is 0.360 e. The number of nitrogens with zero attached hydrogens (tertiary/aromatic N) is 3. The Morgan fingerprint density at radius 2 is 1.92 bits per heavy atom. The maximum absolute atomic E-state index is 12.8. The van der Waals surface area contributed by atoms with Gasteiger partial charge in [0, 0.05) is 44.7 Å². The first-order chi connectivity index (χ1) is 11.8. The van der Waals surface area contributed by atoms with Gasteiger partial charge in [0.05, 0.1) is 0 Å². The minimum absolute atomic E-state index is 0.100. The van der Waals surface area contributed by atoms with Gasteiger partial charge in [-0.2, -0.15) is 4.31 Å². The van der Waals surface area contributed by atoms with Crippen molar-refractivity contribution in [3.8, 4) is 0 Å². The van der Waals surface area contributed by atoms with E-state index in [0.717, 1.165) is 19.6 Å². The van der Waals surface area contributed by atoms with Crippen molar-refractivity contribution in [2.24, 2.45) is 5.92 Å². The number of carbonyl (C=O) groups excluding carboxylic acids is 1. The number of hydrogen-bond donors (Lipinski definition) is 1. The molecule has 1 N–H and O–H groups in total. The van der Waals surface area contributed by atoms with Crippen LogP contribution in [0.4, 0.5) is 0 Å². The first kappa shape index (κ1) is 18.3. The zero-order chi connectivity index (χ0) is 18.2. The second-order valence-corrected chi connectivity index (χ2v) is 8.79. The first-order valence-corrected chi connectivity index (χ1v) is 10.2. The van der Waals surface area contributed by atoms with E-state index in [1.807, 2.05) is 11.8 Å². The third-order valence-corrected chi connectivity index (χ3v) is 7.30. The lowest BCUT2D eigenvalue weighted by Crippen LogP contribution is -2.55. The molecule has 0 unspecified atom stereocenters. The van der Waals surface area contributed by atoms with Crippen molar-refractivity contribution < 1.29 is 17.7 Å². The maximum Gasteiger partial charge on any atom is 0.248 e. The molecule has 2 fully saturated rings. The zero-order valence-electron chi connectivity index (χ0n) is 15.0. The number of amides is 1. The van der Waals surface area contributed by atoms with Crippen molar-refractivity contribution in [1.82, 2.24) is 19.7 Å². The number of piperazine rings is 1. The van der Waals surface area contributed by atoms with Gasteiger partial charge in [-0.3, -0.25) is 4.79 Å². The van der Waals surface area contributed by atoms with Crippen LogP contribution in [0.2, 0.25) is 0 Å². The predicted octanol–water partition coefficient (Wildman–Crippen LogP) is 0.512. The topological polar surface area (TPSA) is 95.8 Å². The van der Waals surface area contributed by atoms with E-state index in [1.165, 1.54) is 4.31 Å². The van der Waals surface area contributed by atoms with E-state index in [9.17, 15) is 13.2 Å². The number of rotatable bonds is 3. The van der Waals surface area contributed by atoms with Gasteiger partial charge >= 0.3 is 0 Å². The van der Waals surface area contributed by atoms with Gasteiger partial charge in [0.25, 0.3) is 0 Å². The van der Waals surface area contributed by atoms with E-state index in [0.29, 0.717) is 37.4 Å². The van der Waals surface area contributed by atoms with Gasteiger partial charge in [-0.25, -0.2) is 8.42 Å². The molecule has 1 aromatic heterocycles. The van der Waals surface area contributed by atoms with Crippen molar-refractivity contribution in [2.45, 2.75) is 44.6 Å². The van der Waals surface area contributed by atoms with Crippen LogP contribution < -0.4 is 5.32 Å². The predicted molar refractivity (Wildman–Crippen MR) is 91.5 cm³/mol. The van der Waals surface area contributed by atoms with Crippen LogP contribution in [0.5, 0.6) is 0 Å². The number of nitrogens with one attached hydrogen (secondary N) is 1. The SMILES string of the molecule is Cc1noc(C)c1S(=O)(=O)N1CCC(C(=O)N2CCNC[C@@H]2C)CC1. The van der Waals surface area contributed by atoms with Crippen LogP contribution in [0.15, 0.2) is 9.42 Å². The number of piperidine rings is 1. The number of carbonyl (C=O) groups is 1. The third kappa shape index (κ3) is 3.45. The lowest BCUT2D eigenvalue weighted by Gasteiger charge is -2.38. The Balaban J connectivity index is 1.66. The Labute approximate surface area is 148 Å². The molecule has 2 saturated heterocycles. The minimum atomic E-state index is -3.62. The summed E-state index contributed by atoms with van der Waals surface area (Å²) in [5.74, 6) is 0.366. The Morgan fingerprint density at radius 1 is 1.24 bits per heavy atom. The third-order valence-electron chi connectivity index (χ3n) is 5.15. The molecule has 140 valence electrons. The molecule has 2 aliphatic heterocycles. The standard InChI is InChI=1S/C16H26N4O4S/c1-11-10-17-6-9-20(11)16(21)14-4-7-19(8-5-14)25(22,23)15-12(2)18-24-13(15)3/h11,14,17H,4-10H2,1-3H3/t11-/m0/s1. The molecule has 0 saturated carbocycles. The van der Waals surface area contributed by atoms with Crippen molar-refractivity contribution in [2.75, 3.05) is 32.7 Å². The highest BCUT2D eigenvalue weighted by Crippen LogP contribution is 2.28. The van der Waals surface area contributed by atoms with Crippen LogP contribution in [-0.2, 0) is 14.8 Å². The Hall–Kier alpha value is -1.45. The summed E-state index contributed by atoms with van der Waals surface area (Å²) < 4.78 is 32.1. The molecule has 1 aromatic rings. The number of aromatic nitrogens is 1. The summed E-state index contributed by atoms with van der Waals surface area (Å²) in [7, 11) is -3.62. The number of hydrogen-bond acceptors (Lipinski definition) is 6. The molecule has 3 rings (SSSR count).